The van der Waals surface area contributed by atoms with E-state index in [1.165, 1.54) is 0 Å². The molecule has 0 saturated heterocycles. The summed E-state index contributed by atoms with van der Waals surface area (Å²) in [6.07, 6.45) is 2.51. The Morgan fingerprint density at radius 1 is 0.889 bits per heavy atom. The van der Waals surface area contributed by atoms with Gasteiger partial charge in [0.05, 0.1) is 0 Å². The molecule has 6 nitrogen and oxygen atoms in total. The Hall–Kier alpha value is -1.14. The highest BCUT2D eigenvalue weighted by Gasteiger charge is 2.45. The van der Waals surface area contributed by atoms with Crippen molar-refractivity contribution >= 4 is 11.9 Å². The average molecular weight is 258 g/mol. The highest BCUT2D eigenvalue weighted by atomic mass is 16.4. The molecule has 0 aromatic heterocycles. The minimum Gasteiger partial charge on any atom is -0.480 e. The summed E-state index contributed by atoms with van der Waals surface area (Å²) < 4.78 is 0. The van der Waals surface area contributed by atoms with Gasteiger partial charge in [0.1, 0.15) is 11.1 Å². The Morgan fingerprint density at radius 3 is 1.17 bits per heavy atom. The van der Waals surface area contributed by atoms with Gasteiger partial charge in [-0.2, -0.15) is 0 Å². The molecule has 18 heavy (non-hydrogen) atoms. The Labute approximate surface area is 106 Å². The molecule has 2 aliphatic rings. The van der Waals surface area contributed by atoms with E-state index < -0.39 is 23.0 Å². The molecule has 6 N–H and O–H groups in total. The molecule has 0 amide bonds. The van der Waals surface area contributed by atoms with Crippen LogP contribution in [0, 0.1) is 11.8 Å². The van der Waals surface area contributed by atoms with E-state index in [4.69, 9.17) is 21.7 Å². The summed E-state index contributed by atoms with van der Waals surface area (Å²) in [5.41, 5.74) is 9.09. The molecule has 0 aromatic carbocycles. The Bertz CT molecular complexity index is 310. The predicted octanol–water partition coefficient (Wildman–Crippen LogP) is 0.397. The van der Waals surface area contributed by atoms with Crippen LogP contribution in [0.25, 0.3) is 0 Å². The number of carbonyl (C=O) groups is 2. The van der Waals surface area contributed by atoms with Crippen LogP contribution >= 0.6 is 0 Å². The Kier molecular flexibility index (Phi) is 4.02. The Balaban J connectivity index is 0.000000180. The summed E-state index contributed by atoms with van der Waals surface area (Å²) in [4.78, 5) is 20.6. The quantitative estimate of drug-likeness (QED) is 0.567. The number of aliphatic carboxylic acids is 2. The lowest BCUT2D eigenvalue weighted by atomic mass is 9.70. The first-order valence-corrected chi connectivity index (χ1v) is 6.13. The standard InChI is InChI=1S/2C6H11NO2/c2*1-4-2-6(7,3-4)5(8)9/h2*4H,2-3,7H2,1H3,(H,8,9). The van der Waals surface area contributed by atoms with Gasteiger partial charge in [0.25, 0.3) is 0 Å². The van der Waals surface area contributed by atoms with Crippen LogP contribution in [0.2, 0.25) is 0 Å². The van der Waals surface area contributed by atoms with Gasteiger partial charge >= 0.3 is 11.9 Å². The minimum atomic E-state index is -0.889. The highest BCUT2D eigenvalue weighted by molar-refractivity contribution is 5.80. The van der Waals surface area contributed by atoms with E-state index in [1.54, 1.807) is 0 Å². The average Bonchev–Trinajstić information content (AvgIpc) is 2.13. The zero-order valence-electron chi connectivity index (χ0n) is 10.8. The number of carboxylic acids is 2. The van der Waals surface area contributed by atoms with Gasteiger partial charge < -0.3 is 21.7 Å². The van der Waals surface area contributed by atoms with Crippen molar-refractivity contribution < 1.29 is 19.8 Å². The number of rotatable bonds is 2. The number of nitrogens with two attached hydrogens (primary N) is 2. The van der Waals surface area contributed by atoms with Crippen molar-refractivity contribution in [3.05, 3.63) is 0 Å². The van der Waals surface area contributed by atoms with Crippen LogP contribution in [0.3, 0.4) is 0 Å². The molecule has 2 aliphatic carbocycles. The van der Waals surface area contributed by atoms with Gasteiger partial charge in [-0.15, -0.1) is 0 Å². The van der Waals surface area contributed by atoms with Crippen molar-refractivity contribution in [3.63, 3.8) is 0 Å². The maximum absolute atomic E-state index is 10.3. The molecular weight excluding hydrogens is 236 g/mol. The third-order valence-electron chi connectivity index (χ3n) is 3.70. The van der Waals surface area contributed by atoms with Crippen molar-refractivity contribution in [1.29, 1.82) is 0 Å². The van der Waals surface area contributed by atoms with Crippen LogP contribution < -0.4 is 11.5 Å². The molecule has 0 spiro atoms. The molecule has 0 heterocycles. The monoisotopic (exact) mass is 258 g/mol. The first-order chi connectivity index (χ1) is 8.09. The summed E-state index contributed by atoms with van der Waals surface area (Å²) >= 11 is 0. The molecule has 0 aromatic rings. The van der Waals surface area contributed by atoms with Crippen LogP contribution in [0.4, 0.5) is 0 Å². The molecule has 0 bridgehead atoms. The Morgan fingerprint density at radius 2 is 1.11 bits per heavy atom. The first kappa shape index (κ1) is 14.9. The minimum absolute atomic E-state index is 0.492. The van der Waals surface area contributed by atoms with Crippen LogP contribution in [-0.2, 0) is 9.59 Å². The smallest absolute Gasteiger partial charge is 0.323 e. The topological polar surface area (TPSA) is 127 Å². The zero-order chi connectivity index (χ0) is 14.1. The molecule has 2 rings (SSSR count). The molecule has 6 heteroatoms. The summed E-state index contributed by atoms with van der Waals surface area (Å²) in [7, 11) is 0. The normalized spacial score (nSPS) is 41.8. The van der Waals surface area contributed by atoms with Crippen molar-refractivity contribution in [2.45, 2.75) is 50.6 Å². The van der Waals surface area contributed by atoms with Crippen LogP contribution in [-0.4, -0.2) is 33.2 Å². The molecule has 0 radical (unpaired) electrons. The molecule has 2 saturated carbocycles. The zero-order valence-corrected chi connectivity index (χ0v) is 10.8. The second-order valence-corrected chi connectivity index (χ2v) is 5.95. The predicted molar refractivity (Wildman–Crippen MR) is 65.9 cm³/mol. The van der Waals surface area contributed by atoms with Gasteiger partial charge in [0, 0.05) is 0 Å². The van der Waals surface area contributed by atoms with E-state index >= 15 is 0 Å². The van der Waals surface area contributed by atoms with Crippen molar-refractivity contribution in [2.75, 3.05) is 0 Å². The second kappa shape index (κ2) is 4.85. The molecular formula is C12H22N2O4. The summed E-state index contributed by atoms with van der Waals surface area (Å²) in [5.74, 6) is -0.738. The highest BCUT2D eigenvalue weighted by Crippen LogP contribution is 2.35. The molecule has 0 aliphatic heterocycles. The summed E-state index contributed by atoms with van der Waals surface area (Å²) in [6, 6.07) is 0. The van der Waals surface area contributed by atoms with Crippen LogP contribution in [0.15, 0.2) is 0 Å². The lowest BCUT2D eigenvalue weighted by Crippen LogP contribution is -2.57. The van der Waals surface area contributed by atoms with Crippen LogP contribution in [0.5, 0.6) is 0 Å². The van der Waals surface area contributed by atoms with Crippen molar-refractivity contribution in [3.8, 4) is 0 Å². The van der Waals surface area contributed by atoms with E-state index in [0.29, 0.717) is 37.5 Å². The van der Waals surface area contributed by atoms with Gasteiger partial charge in [-0.05, 0) is 37.5 Å². The molecule has 2 fully saturated rings. The molecule has 104 valence electrons. The van der Waals surface area contributed by atoms with E-state index in [-0.39, 0.29) is 0 Å². The lowest BCUT2D eigenvalue weighted by molar-refractivity contribution is -0.149. The maximum atomic E-state index is 10.3. The van der Waals surface area contributed by atoms with E-state index in [1.807, 2.05) is 13.8 Å². The first-order valence-electron chi connectivity index (χ1n) is 6.13. The fraction of sp³-hybridized carbons (Fsp3) is 0.833. The second-order valence-electron chi connectivity index (χ2n) is 5.95. The molecule has 0 atom stereocenters. The SMILES string of the molecule is CC1CC(N)(C(=O)O)C1.CC1CC(N)(C(=O)O)C1. The summed E-state index contributed by atoms with van der Waals surface area (Å²) in [6.45, 7) is 4.02. The van der Waals surface area contributed by atoms with Gasteiger partial charge in [-0.1, -0.05) is 13.8 Å². The maximum Gasteiger partial charge on any atom is 0.323 e. The van der Waals surface area contributed by atoms with Crippen molar-refractivity contribution in [2.24, 2.45) is 23.3 Å². The van der Waals surface area contributed by atoms with Gasteiger partial charge in [0.15, 0.2) is 0 Å². The largest absolute Gasteiger partial charge is 0.480 e. The van der Waals surface area contributed by atoms with Gasteiger partial charge in [-0.25, -0.2) is 0 Å². The van der Waals surface area contributed by atoms with Crippen molar-refractivity contribution in [1.82, 2.24) is 0 Å². The van der Waals surface area contributed by atoms with Crippen LogP contribution in [0.1, 0.15) is 39.5 Å². The fourth-order valence-corrected chi connectivity index (χ4v) is 2.72. The fourth-order valence-electron chi connectivity index (χ4n) is 2.72. The summed E-state index contributed by atoms with van der Waals surface area (Å²) in [5, 5.41) is 17.0. The van der Waals surface area contributed by atoms with Gasteiger partial charge in [-0.3, -0.25) is 9.59 Å². The number of carboxylic acid groups (broad SMARTS) is 2. The molecule has 0 unspecified atom stereocenters. The number of hydrogen-bond donors (Lipinski definition) is 4. The van der Waals surface area contributed by atoms with E-state index in [2.05, 4.69) is 0 Å². The third kappa shape index (κ3) is 3.00. The van der Waals surface area contributed by atoms with Gasteiger partial charge in [0.2, 0.25) is 0 Å². The third-order valence-corrected chi connectivity index (χ3v) is 3.70. The number of hydrogen-bond acceptors (Lipinski definition) is 4. The van der Waals surface area contributed by atoms with E-state index in [0.717, 1.165) is 0 Å². The van der Waals surface area contributed by atoms with E-state index in [9.17, 15) is 9.59 Å². The lowest BCUT2D eigenvalue weighted by Gasteiger charge is -2.39.